The van der Waals surface area contributed by atoms with E-state index < -0.39 is 11.8 Å². The average molecular weight is 396 g/mol. The number of urea groups is 1. The van der Waals surface area contributed by atoms with E-state index in [1.54, 1.807) is 36.4 Å². The molecule has 7 nitrogen and oxygen atoms in total. The molecule has 1 saturated heterocycles. The van der Waals surface area contributed by atoms with Crippen LogP contribution in [0.1, 0.15) is 0 Å². The van der Waals surface area contributed by atoms with Crippen LogP contribution in [0.15, 0.2) is 48.5 Å². The van der Waals surface area contributed by atoms with Crippen molar-refractivity contribution in [3.8, 4) is 5.75 Å². The number of hydrogen-bond acceptors (Lipinski definition) is 5. The minimum Gasteiger partial charge on any atom is -0.495 e. The molecule has 0 radical (unpaired) electrons. The fourth-order valence-electron chi connectivity index (χ4n) is 3.25. The molecule has 4 rings (SSSR count). The molecule has 2 amide bonds. The highest BCUT2D eigenvalue weighted by Gasteiger charge is 2.15. The normalized spacial score (nSPS) is 13.9. The van der Waals surface area contributed by atoms with Crippen LogP contribution in [0.3, 0.4) is 0 Å². The molecule has 2 heterocycles. The van der Waals surface area contributed by atoms with Crippen molar-refractivity contribution in [2.45, 2.75) is 0 Å². The molecule has 1 aliphatic rings. The first kappa shape index (κ1) is 18.9. The van der Waals surface area contributed by atoms with Gasteiger partial charge in [-0.05, 0) is 36.4 Å². The molecule has 2 N–H and O–H groups in total. The SMILES string of the molecule is COc1ccccc1NC(=O)Nc1cc(F)c2nc(N3CCOCC3)ccc2c1. The third kappa shape index (κ3) is 4.22. The lowest BCUT2D eigenvalue weighted by Crippen LogP contribution is -2.36. The molecular formula is C21H21FN4O3. The Balaban J connectivity index is 1.53. The molecule has 2 aromatic carbocycles. The van der Waals surface area contributed by atoms with Crippen LogP contribution < -0.4 is 20.3 Å². The number of nitrogens with one attached hydrogen (secondary N) is 2. The van der Waals surface area contributed by atoms with E-state index in [-0.39, 0.29) is 5.52 Å². The third-order valence-corrected chi connectivity index (χ3v) is 4.68. The maximum absolute atomic E-state index is 14.7. The molecule has 0 bridgehead atoms. The molecule has 1 aliphatic heterocycles. The number of methoxy groups -OCH3 is 1. The van der Waals surface area contributed by atoms with Crippen molar-refractivity contribution in [2.75, 3.05) is 48.9 Å². The number of aromatic nitrogens is 1. The molecule has 8 heteroatoms. The zero-order valence-electron chi connectivity index (χ0n) is 15.9. The van der Waals surface area contributed by atoms with E-state index in [0.29, 0.717) is 41.5 Å². The van der Waals surface area contributed by atoms with Gasteiger partial charge in [-0.15, -0.1) is 0 Å². The Hall–Kier alpha value is -3.39. The van der Waals surface area contributed by atoms with Crippen molar-refractivity contribution in [2.24, 2.45) is 0 Å². The lowest BCUT2D eigenvalue weighted by molar-refractivity contribution is 0.122. The van der Waals surface area contributed by atoms with Gasteiger partial charge in [-0.25, -0.2) is 14.2 Å². The Bertz CT molecular complexity index is 1040. The van der Waals surface area contributed by atoms with Crippen LogP contribution >= 0.6 is 0 Å². The summed E-state index contributed by atoms with van der Waals surface area (Å²) in [6, 6.07) is 13.2. The Labute approximate surface area is 167 Å². The topological polar surface area (TPSA) is 75.7 Å². The monoisotopic (exact) mass is 396 g/mol. The Morgan fingerprint density at radius 1 is 1.14 bits per heavy atom. The van der Waals surface area contributed by atoms with Crippen molar-refractivity contribution in [3.63, 3.8) is 0 Å². The van der Waals surface area contributed by atoms with Gasteiger partial charge in [0.25, 0.3) is 0 Å². The summed E-state index contributed by atoms with van der Waals surface area (Å²) in [7, 11) is 1.52. The number of amides is 2. The minimum atomic E-state index is -0.495. The lowest BCUT2D eigenvalue weighted by atomic mass is 10.2. The number of fused-ring (bicyclic) bond motifs is 1. The number of rotatable bonds is 4. The number of ether oxygens (including phenoxy) is 2. The Morgan fingerprint density at radius 2 is 1.93 bits per heavy atom. The van der Waals surface area contributed by atoms with Gasteiger partial charge in [0.2, 0.25) is 0 Å². The number of pyridine rings is 1. The van der Waals surface area contributed by atoms with Crippen LogP contribution in [0.2, 0.25) is 0 Å². The second-order valence-corrected chi connectivity index (χ2v) is 6.58. The maximum atomic E-state index is 14.7. The summed E-state index contributed by atoms with van der Waals surface area (Å²) in [5.74, 6) is 0.756. The summed E-state index contributed by atoms with van der Waals surface area (Å²) in [6.07, 6.45) is 0. The van der Waals surface area contributed by atoms with E-state index in [0.717, 1.165) is 13.1 Å². The van der Waals surface area contributed by atoms with Crippen LogP contribution in [-0.2, 0) is 4.74 Å². The van der Waals surface area contributed by atoms with E-state index in [1.807, 2.05) is 6.07 Å². The average Bonchev–Trinajstić information content (AvgIpc) is 2.74. The third-order valence-electron chi connectivity index (χ3n) is 4.68. The molecule has 0 spiro atoms. The predicted octanol–water partition coefficient (Wildman–Crippen LogP) is 3.86. The Morgan fingerprint density at radius 3 is 2.72 bits per heavy atom. The highest BCUT2D eigenvalue weighted by molar-refractivity contribution is 6.01. The Kier molecular flexibility index (Phi) is 5.44. The molecule has 150 valence electrons. The first-order valence-electron chi connectivity index (χ1n) is 9.28. The number of morpholine rings is 1. The van der Waals surface area contributed by atoms with Gasteiger partial charge in [-0.1, -0.05) is 12.1 Å². The number of nitrogens with zero attached hydrogens (tertiary/aromatic N) is 2. The smallest absolute Gasteiger partial charge is 0.323 e. The van der Waals surface area contributed by atoms with Crippen LogP contribution in [0.4, 0.5) is 26.4 Å². The first-order chi connectivity index (χ1) is 14.1. The van der Waals surface area contributed by atoms with Gasteiger partial charge in [0.15, 0.2) is 5.82 Å². The summed E-state index contributed by atoms with van der Waals surface area (Å²) in [5, 5.41) is 5.96. The van der Waals surface area contributed by atoms with E-state index in [4.69, 9.17) is 9.47 Å². The summed E-state index contributed by atoms with van der Waals surface area (Å²) in [4.78, 5) is 18.8. The lowest BCUT2D eigenvalue weighted by Gasteiger charge is -2.28. The first-order valence-corrected chi connectivity index (χ1v) is 9.28. The van der Waals surface area contributed by atoms with Crippen molar-refractivity contribution >= 4 is 34.1 Å². The zero-order valence-corrected chi connectivity index (χ0v) is 15.9. The molecule has 0 aliphatic carbocycles. The number of halogens is 1. The zero-order chi connectivity index (χ0) is 20.2. The molecule has 1 fully saturated rings. The predicted molar refractivity (Wildman–Crippen MR) is 110 cm³/mol. The highest BCUT2D eigenvalue weighted by Crippen LogP contribution is 2.26. The van der Waals surface area contributed by atoms with Gasteiger partial charge in [0.05, 0.1) is 26.0 Å². The molecule has 0 unspecified atom stereocenters. The molecule has 29 heavy (non-hydrogen) atoms. The summed E-state index contributed by atoms with van der Waals surface area (Å²) < 4.78 is 25.2. The molecular weight excluding hydrogens is 375 g/mol. The van der Waals surface area contributed by atoms with E-state index >= 15 is 0 Å². The van der Waals surface area contributed by atoms with E-state index in [1.165, 1.54) is 13.2 Å². The van der Waals surface area contributed by atoms with Gasteiger partial charge < -0.3 is 25.0 Å². The van der Waals surface area contributed by atoms with Crippen molar-refractivity contribution in [1.82, 2.24) is 4.98 Å². The number of benzene rings is 2. The number of carbonyl (C=O) groups excluding carboxylic acids is 1. The van der Waals surface area contributed by atoms with Gasteiger partial charge >= 0.3 is 6.03 Å². The molecule has 1 aromatic heterocycles. The van der Waals surface area contributed by atoms with E-state index in [2.05, 4.69) is 20.5 Å². The van der Waals surface area contributed by atoms with Crippen molar-refractivity contribution in [3.05, 3.63) is 54.3 Å². The number of carbonyl (C=O) groups is 1. The van der Waals surface area contributed by atoms with Gasteiger partial charge in [-0.2, -0.15) is 0 Å². The fraction of sp³-hybridized carbons (Fsp3) is 0.238. The number of hydrogen-bond donors (Lipinski definition) is 2. The molecule has 3 aromatic rings. The van der Waals surface area contributed by atoms with Crippen LogP contribution in [0, 0.1) is 5.82 Å². The van der Waals surface area contributed by atoms with Crippen LogP contribution in [0.5, 0.6) is 5.75 Å². The van der Waals surface area contributed by atoms with E-state index in [9.17, 15) is 9.18 Å². The number of anilines is 3. The molecule has 0 atom stereocenters. The minimum absolute atomic E-state index is 0.268. The largest absolute Gasteiger partial charge is 0.495 e. The van der Waals surface area contributed by atoms with Crippen molar-refractivity contribution in [1.29, 1.82) is 0 Å². The number of para-hydroxylation sites is 2. The second kappa shape index (κ2) is 8.32. The van der Waals surface area contributed by atoms with Gasteiger partial charge in [0.1, 0.15) is 17.1 Å². The molecule has 0 saturated carbocycles. The summed E-state index contributed by atoms with van der Waals surface area (Å²) in [5.41, 5.74) is 1.12. The quantitative estimate of drug-likeness (QED) is 0.700. The standard InChI is InChI=1S/C21H21FN4O3/c1-28-18-5-3-2-4-17(18)24-21(27)23-15-12-14-6-7-19(25-20(14)16(22)13-15)26-8-10-29-11-9-26/h2-7,12-13H,8-11H2,1H3,(H2,23,24,27). The van der Waals surface area contributed by atoms with Gasteiger partial charge in [0, 0.05) is 24.2 Å². The summed E-state index contributed by atoms with van der Waals surface area (Å²) >= 11 is 0. The van der Waals surface area contributed by atoms with Crippen molar-refractivity contribution < 1.29 is 18.7 Å². The van der Waals surface area contributed by atoms with Crippen LogP contribution in [-0.4, -0.2) is 44.4 Å². The van der Waals surface area contributed by atoms with Gasteiger partial charge in [-0.3, -0.25) is 0 Å². The van der Waals surface area contributed by atoms with Crippen LogP contribution in [0.25, 0.3) is 10.9 Å². The summed E-state index contributed by atoms with van der Waals surface area (Å²) in [6.45, 7) is 2.71. The fourth-order valence-corrected chi connectivity index (χ4v) is 3.25. The highest BCUT2D eigenvalue weighted by atomic mass is 19.1. The maximum Gasteiger partial charge on any atom is 0.323 e. The second-order valence-electron chi connectivity index (χ2n) is 6.58.